The van der Waals surface area contributed by atoms with Crippen molar-refractivity contribution in [1.82, 2.24) is 9.88 Å². The number of thiophene rings is 1. The SMILES string of the molecule is CSc1ccc(CN2CCOC(COc3ccc(Cl)cn3)C2)s1. The summed E-state index contributed by atoms with van der Waals surface area (Å²) in [4.78, 5) is 7.96. The molecule has 1 aliphatic rings. The Morgan fingerprint density at radius 2 is 2.35 bits per heavy atom. The number of halogens is 1. The Bertz CT molecular complexity index is 621. The van der Waals surface area contributed by atoms with Gasteiger partial charge in [0.15, 0.2) is 0 Å². The quantitative estimate of drug-likeness (QED) is 0.722. The summed E-state index contributed by atoms with van der Waals surface area (Å²) < 4.78 is 12.9. The van der Waals surface area contributed by atoms with Crippen LogP contribution in [0.15, 0.2) is 34.7 Å². The Morgan fingerprint density at radius 1 is 1.43 bits per heavy atom. The fourth-order valence-corrected chi connectivity index (χ4v) is 4.17. The Balaban J connectivity index is 1.48. The molecule has 1 aliphatic heterocycles. The third kappa shape index (κ3) is 5.09. The third-order valence-electron chi connectivity index (χ3n) is 3.56. The van der Waals surface area contributed by atoms with Crippen LogP contribution in [0.2, 0.25) is 5.02 Å². The molecule has 4 nitrogen and oxygen atoms in total. The molecule has 0 amide bonds. The first-order valence-corrected chi connectivity index (χ1v) is 9.86. The lowest BCUT2D eigenvalue weighted by atomic mass is 10.2. The monoisotopic (exact) mass is 370 g/mol. The van der Waals surface area contributed by atoms with Crippen LogP contribution in [0.5, 0.6) is 5.88 Å². The molecule has 0 spiro atoms. The first-order chi connectivity index (χ1) is 11.2. The van der Waals surface area contributed by atoms with E-state index in [-0.39, 0.29) is 6.10 Å². The van der Waals surface area contributed by atoms with Crippen LogP contribution in [-0.4, -0.2) is 48.5 Å². The number of thioether (sulfide) groups is 1. The fourth-order valence-electron chi connectivity index (χ4n) is 2.42. The average Bonchev–Trinajstić information content (AvgIpc) is 3.02. The molecule has 0 radical (unpaired) electrons. The summed E-state index contributed by atoms with van der Waals surface area (Å²) in [5, 5.41) is 0.609. The van der Waals surface area contributed by atoms with Crippen LogP contribution in [0, 0.1) is 0 Å². The van der Waals surface area contributed by atoms with Crippen molar-refractivity contribution in [3.8, 4) is 5.88 Å². The smallest absolute Gasteiger partial charge is 0.213 e. The molecule has 3 heterocycles. The van der Waals surface area contributed by atoms with Gasteiger partial charge in [-0.1, -0.05) is 11.6 Å². The summed E-state index contributed by atoms with van der Waals surface area (Å²) in [6.07, 6.45) is 3.77. The average molecular weight is 371 g/mol. The van der Waals surface area contributed by atoms with E-state index >= 15 is 0 Å². The second-order valence-electron chi connectivity index (χ2n) is 5.28. The molecule has 0 saturated carbocycles. The Hall–Kier alpha value is -0.790. The first kappa shape index (κ1) is 17.0. The van der Waals surface area contributed by atoms with Crippen molar-refractivity contribution in [1.29, 1.82) is 0 Å². The minimum atomic E-state index is 0.0706. The highest BCUT2D eigenvalue weighted by molar-refractivity contribution is 8.00. The van der Waals surface area contributed by atoms with Gasteiger partial charge in [-0.05, 0) is 24.5 Å². The highest BCUT2D eigenvalue weighted by atomic mass is 35.5. The zero-order valence-corrected chi connectivity index (χ0v) is 15.3. The van der Waals surface area contributed by atoms with E-state index in [0.29, 0.717) is 17.5 Å². The molecule has 1 unspecified atom stereocenters. The molecule has 1 saturated heterocycles. The van der Waals surface area contributed by atoms with E-state index < -0.39 is 0 Å². The highest BCUT2D eigenvalue weighted by Gasteiger charge is 2.21. The number of morpholine rings is 1. The minimum absolute atomic E-state index is 0.0706. The van der Waals surface area contributed by atoms with E-state index in [9.17, 15) is 0 Å². The fraction of sp³-hybridized carbons (Fsp3) is 0.438. The van der Waals surface area contributed by atoms with Gasteiger partial charge in [-0.3, -0.25) is 4.90 Å². The lowest BCUT2D eigenvalue weighted by molar-refractivity contribution is -0.0507. The van der Waals surface area contributed by atoms with Crippen LogP contribution in [-0.2, 0) is 11.3 Å². The summed E-state index contributed by atoms with van der Waals surface area (Å²) >= 11 is 9.48. The largest absolute Gasteiger partial charge is 0.475 e. The van der Waals surface area contributed by atoms with Gasteiger partial charge in [0.05, 0.1) is 15.8 Å². The molecule has 2 aromatic heterocycles. The van der Waals surface area contributed by atoms with Crippen LogP contribution in [0.25, 0.3) is 0 Å². The second-order valence-corrected chi connectivity index (χ2v) is 7.99. The van der Waals surface area contributed by atoms with Crippen LogP contribution in [0.4, 0.5) is 0 Å². The standard InChI is InChI=1S/C16H19ClN2O2S2/c1-22-16-5-3-14(23-16)10-19-6-7-20-13(9-19)11-21-15-4-2-12(17)8-18-15/h2-5,8,13H,6-7,9-11H2,1H3. The molecule has 23 heavy (non-hydrogen) atoms. The van der Waals surface area contributed by atoms with E-state index in [1.54, 1.807) is 30.1 Å². The number of aromatic nitrogens is 1. The van der Waals surface area contributed by atoms with Gasteiger partial charge in [-0.25, -0.2) is 4.98 Å². The van der Waals surface area contributed by atoms with Gasteiger partial charge in [0.2, 0.25) is 5.88 Å². The van der Waals surface area contributed by atoms with Gasteiger partial charge in [0.1, 0.15) is 12.7 Å². The first-order valence-electron chi connectivity index (χ1n) is 7.44. The molecule has 1 atom stereocenters. The second kappa shape index (κ2) is 8.35. The van der Waals surface area contributed by atoms with Crippen molar-refractivity contribution in [3.63, 3.8) is 0 Å². The molecule has 7 heteroatoms. The van der Waals surface area contributed by atoms with Crippen LogP contribution < -0.4 is 4.74 Å². The Labute approximate surface area is 149 Å². The summed E-state index contributed by atoms with van der Waals surface area (Å²) in [6, 6.07) is 7.96. The summed E-state index contributed by atoms with van der Waals surface area (Å²) in [7, 11) is 0. The van der Waals surface area contributed by atoms with Crippen molar-refractivity contribution in [2.45, 2.75) is 16.9 Å². The molecule has 1 fully saturated rings. The lowest BCUT2D eigenvalue weighted by Gasteiger charge is -2.32. The van der Waals surface area contributed by atoms with Crippen LogP contribution in [0.3, 0.4) is 0 Å². The van der Waals surface area contributed by atoms with Gasteiger partial charge in [-0.15, -0.1) is 23.1 Å². The molecular weight excluding hydrogens is 352 g/mol. The topological polar surface area (TPSA) is 34.6 Å². The van der Waals surface area contributed by atoms with Gasteiger partial charge in [0.25, 0.3) is 0 Å². The number of hydrogen-bond acceptors (Lipinski definition) is 6. The highest BCUT2D eigenvalue weighted by Crippen LogP contribution is 2.26. The van der Waals surface area contributed by atoms with Crippen molar-refractivity contribution in [2.75, 3.05) is 32.6 Å². The van der Waals surface area contributed by atoms with E-state index in [0.717, 1.165) is 26.2 Å². The molecule has 0 aliphatic carbocycles. The van der Waals surface area contributed by atoms with Gasteiger partial charge < -0.3 is 9.47 Å². The molecule has 3 rings (SSSR count). The lowest BCUT2D eigenvalue weighted by Crippen LogP contribution is -2.44. The predicted octanol–water partition coefficient (Wildman–Crippen LogP) is 3.80. The van der Waals surface area contributed by atoms with E-state index in [2.05, 4.69) is 28.3 Å². The summed E-state index contributed by atoms with van der Waals surface area (Å²) in [5.74, 6) is 0.581. The van der Waals surface area contributed by atoms with Gasteiger partial charge >= 0.3 is 0 Å². The summed E-state index contributed by atoms with van der Waals surface area (Å²) in [5.41, 5.74) is 0. The van der Waals surface area contributed by atoms with E-state index in [4.69, 9.17) is 21.1 Å². The van der Waals surface area contributed by atoms with Crippen molar-refractivity contribution in [3.05, 3.63) is 40.4 Å². The van der Waals surface area contributed by atoms with Crippen molar-refractivity contribution >= 4 is 34.7 Å². The molecule has 2 aromatic rings. The maximum atomic E-state index is 5.82. The Morgan fingerprint density at radius 3 is 3.09 bits per heavy atom. The zero-order valence-electron chi connectivity index (χ0n) is 12.9. The minimum Gasteiger partial charge on any atom is -0.475 e. The van der Waals surface area contributed by atoms with Crippen molar-refractivity contribution < 1.29 is 9.47 Å². The third-order valence-corrected chi connectivity index (χ3v) is 5.93. The maximum Gasteiger partial charge on any atom is 0.213 e. The normalized spacial score (nSPS) is 19.0. The van der Waals surface area contributed by atoms with Gasteiger partial charge in [0, 0.05) is 36.8 Å². The maximum absolute atomic E-state index is 5.82. The number of hydrogen-bond donors (Lipinski definition) is 0. The number of ether oxygens (including phenoxy) is 2. The van der Waals surface area contributed by atoms with Gasteiger partial charge in [-0.2, -0.15) is 0 Å². The molecule has 124 valence electrons. The number of nitrogens with zero attached hydrogens (tertiary/aromatic N) is 2. The number of rotatable bonds is 6. The zero-order chi connectivity index (χ0) is 16.1. The predicted molar refractivity (Wildman–Crippen MR) is 95.9 cm³/mol. The van der Waals surface area contributed by atoms with Crippen molar-refractivity contribution in [2.24, 2.45) is 0 Å². The number of pyridine rings is 1. The molecule has 0 N–H and O–H groups in total. The molecular formula is C16H19ClN2O2S2. The van der Waals surface area contributed by atoms with Crippen LogP contribution >= 0.6 is 34.7 Å². The van der Waals surface area contributed by atoms with E-state index in [1.165, 1.54) is 9.09 Å². The summed E-state index contributed by atoms with van der Waals surface area (Å²) in [6.45, 7) is 4.06. The Kier molecular flexibility index (Phi) is 6.19. The molecule has 0 bridgehead atoms. The molecule has 0 aromatic carbocycles. The van der Waals surface area contributed by atoms with Crippen LogP contribution in [0.1, 0.15) is 4.88 Å². The van der Waals surface area contributed by atoms with E-state index in [1.807, 2.05) is 11.3 Å².